The normalized spacial score (nSPS) is 12.8. The van der Waals surface area contributed by atoms with Gasteiger partial charge in [-0.15, -0.1) is 0 Å². The molecule has 0 spiro atoms. The average molecular weight is 244 g/mol. The highest BCUT2D eigenvalue weighted by Gasteiger charge is 2.24. The maximum absolute atomic E-state index is 11.6. The minimum Gasteiger partial charge on any atom is -0.520 e. The number of carbonyl (C=O) groups excluding carboxylic acids is 2. The summed E-state index contributed by atoms with van der Waals surface area (Å²) < 4.78 is 9.87. The van der Waals surface area contributed by atoms with Gasteiger partial charge in [-0.25, -0.2) is 0 Å². The van der Waals surface area contributed by atoms with E-state index in [4.69, 9.17) is 4.43 Å². The number of esters is 1. The summed E-state index contributed by atoms with van der Waals surface area (Å²) >= 11 is 0. The smallest absolute Gasteiger partial charge is 0.310 e. The van der Waals surface area contributed by atoms with Crippen molar-refractivity contribution in [1.82, 2.24) is 0 Å². The minimum atomic E-state index is -1.84. The third-order valence-electron chi connectivity index (χ3n) is 1.81. The quantitative estimate of drug-likeness (QED) is 0.409. The molecule has 0 heterocycles. The van der Waals surface area contributed by atoms with Crippen molar-refractivity contribution in [3.63, 3.8) is 0 Å². The van der Waals surface area contributed by atoms with Crippen LogP contribution in [0.5, 0.6) is 0 Å². The summed E-state index contributed by atoms with van der Waals surface area (Å²) in [6.07, 6.45) is 1.73. The van der Waals surface area contributed by atoms with E-state index in [2.05, 4.69) is 11.3 Å². The fraction of sp³-hybridized carbons (Fsp3) is 0.636. The Bertz CT molecular complexity index is 268. The van der Waals surface area contributed by atoms with Crippen molar-refractivity contribution in [3.05, 3.63) is 12.8 Å². The van der Waals surface area contributed by atoms with Crippen LogP contribution >= 0.6 is 0 Å². The Hall–Kier alpha value is -1.10. The zero-order valence-corrected chi connectivity index (χ0v) is 11.4. The van der Waals surface area contributed by atoms with Crippen LogP contribution in [0, 0.1) is 5.92 Å². The third kappa shape index (κ3) is 7.22. The van der Waals surface area contributed by atoms with Crippen LogP contribution in [0.15, 0.2) is 12.8 Å². The van der Waals surface area contributed by atoms with Crippen molar-refractivity contribution in [2.45, 2.75) is 39.4 Å². The highest BCUT2D eigenvalue weighted by Crippen LogP contribution is 2.13. The van der Waals surface area contributed by atoms with E-state index >= 15 is 0 Å². The number of hydrogen-bond acceptors (Lipinski definition) is 4. The van der Waals surface area contributed by atoms with Crippen LogP contribution in [0.3, 0.4) is 0 Å². The fourth-order valence-electron chi connectivity index (χ4n) is 1.01. The molecule has 16 heavy (non-hydrogen) atoms. The Balaban J connectivity index is 3.97. The Labute approximate surface area is 97.8 Å². The summed E-state index contributed by atoms with van der Waals surface area (Å²) in [5, 5.41) is 0. The summed E-state index contributed by atoms with van der Waals surface area (Å²) in [4.78, 5) is 22.6. The van der Waals surface area contributed by atoms with E-state index in [1.165, 1.54) is 0 Å². The van der Waals surface area contributed by atoms with Gasteiger partial charge in [0, 0.05) is 6.42 Å². The minimum absolute atomic E-state index is 0.202. The molecule has 0 aromatic heterocycles. The van der Waals surface area contributed by atoms with Crippen molar-refractivity contribution in [2.24, 2.45) is 5.92 Å². The molecule has 0 fully saturated rings. The van der Waals surface area contributed by atoms with Gasteiger partial charge in [-0.1, -0.05) is 13.5 Å². The van der Waals surface area contributed by atoms with Gasteiger partial charge in [-0.05, 0) is 26.1 Å². The molecule has 1 atom stereocenters. The number of ether oxygens (including phenoxy) is 1. The van der Waals surface area contributed by atoms with Crippen LogP contribution < -0.4 is 0 Å². The molecule has 0 saturated carbocycles. The topological polar surface area (TPSA) is 52.6 Å². The van der Waals surface area contributed by atoms with Crippen molar-refractivity contribution >= 4 is 20.3 Å². The second-order valence-electron chi connectivity index (χ2n) is 4.63. The van der Waals surface area contributed by atoms with Gasteiger partial charge in [0.15, 0.2) is 0 Å². The lowest BCUT2D eigenvalue weighted by Crippen LogP contribution is -2.32. The van der Waals surface area contributed by atoms with Crippen molar-refractivity contribution < 1.29 is 18.8 Å². The molecule has 0 aliphatic heterocycles. The largest absolute Gasteiger partial charge is 0.520 e. The van der Waals surface area contributed by atoms with Crippen LogP contribution in [0.2, 0.25) is 19.6 Å². The molecule has 4 nitrogen and oxygen atoms in total. The fourth-order valence-corrected chi connectivity index (χ4v) is 1.81. The van der Waals surface area contributed by atoms with Crippen molar-refractivity contribution in [2.75, 3.05) is 0 Å². The van der Waals surface area contributed by atoms with Crippen molar-refractivity contribution in [1.29, 1.82) is 0 Å². The van der Waals surface area contributed by atoms with E-state index in [0.29, 0.717) is 6.42 Å². The SMILES string of the molecule is C=COC(=O)CCC(C)C(=O)O[Si](C)(C)C. The van der Waals surface area contributed by atoms with E-state index < -0.39 is 8.32 Å². The summed E-state index contributed by atoms with van der Waals surface area (Å²) in [5.41, 5.74) is 0. The van der Waals surface area contributed by atoms with Gasteiger partial charge in [0.1, 0.15) is 0 Å². The third-order valence-corrected chi connectivity index (χ3v) is 2.62. The summed E-state index contributed by atoms with van der Waals surface area (Å²) in [5.74, 6) is -0.877. The second kappa shape index (κ2) is 6.47. The summed E-state index contributed by atoms with van der Waals surface area (Å²) in [6.45, 7) is 10.9. The van der Waals surface area contributed by atoms with Crippen LogP contribution in [0.25, 0.3) is 0 Å². The first-order chi connectivity index (χ1) is 7.26. The van der Waals surface area contributed by atoms with E-state index in [1.807, 2.05) is 19.6 Å². The zero-order chi connectivity index (χ0) is 12.8. The van der Waals surface area contributed by atoms with Gasteiger partial charge >= 0.3 is 5.97 Å². The highest BCUT2D eigenvalue weighted by atomic mass is 28.4. The van der Waals surface area contributed by atoms with E-state index in [9.17, 15) is 9.59 Å². The van der Waals surface area contributed by atoms with Crippen LogP contribution in [0.4, 0.5) is 0 Å². The maximum Gasteiger partial charge on any atom is 0.310 e. The molecule has 92 valence electrons. The molecule has 0 aromatic carbocycles. The molecule has 0 radical (unpaired) electrons. The van der Waals surface area contributed by atoms with Crippen LogP contribution in [-0.4, -0.2) is 20.3 Å². The van der Waals surface area contributed by atoms with Gasteiger partial charge in [0.25, 0.3) is 5.97 Å². The number of carbonyl (C=O) groups is 2. The molecule has 0 saturated heterocycles. The van der Waals surface area contributed by atoms with Gasteiger partial charge in [-0.3, -0.25) is 9.59 Å². The highest BCUT2D eigenvalue weighted by molar-refractivity contribution is 6.71. The standard InChI is InChI=1S/C11H20O4Si/c1-6-14-10(12)8-7-9(2)11(13)15-16(3,4)5/h6,9H,1,7-8H2,2-5H3. The zero-order valence-electron chi connectivity index (χ0n) is 10.4. The molecule has 0 N–H and O–H groups in total. The van der Waals surface area contributed by atoms with Gasteiger partial charge in [0.2, 0.25) is 8.32 Å². The Morgan fingerprint density at radius 3 is 2.38 bits per heavy atom. The average Bonchev–Trinajstić information content (AvgIpc) is 2.11. The lowest BCUT2D eigenvalue weighted by Gasteiger charge is -2.20. The molecule has 0 rings (SSSR count). The molecule has 0 amide bonds. The molecule has 0 aliphatic carbocycles. The van der Waals surface area contributed by atoms with E-state index in [1.54, 1.807) is 6.92 Å². The number of rotatable bonds is 6. The molecule has 0 aromatic rings. The Morgan fingerprint density at radius 2 is 1.94 bits per heavy atom. The van der Waals surface area contributed by atoms with E-state index in [0.717, 1.165) is 6.26 Å². The lowest BCUT2D eigenvalue weighted by atomic mass is 10.1. The van der Waals surface area contributed by atoms with Gasteiger partial charge in [-0.2, -0.15) is 0 Å². The first kappa shape index (κ1) is 14.9. The molecular formula is C11H20O4Si. The van der Waals surface area contributed by atoms with Crippen molar-refractivity contribution in [3.8, 4) is 0 Å². The Kier molecular flexibility index (Phi) is 6.03. The molecule has 5 heteroatoms. The first-order valence-electron chi connectivity index (χ1n) is 5.29. The predicted octanol–water partition coefficient (Wildman–Crippen LogP) is 2.47. The van der Waals surface area contributed by atoms with Crippen LogP contribution in [0.1, 0.15) is 19.8 Å². The predicted molar refractivity (Wildman–Crippen MR) is 64.1 cm³/mol. The first-order valence-corrected chi connectivity index (χ1v) is 8.70. The monoisotopic (exact) mass is 244 g/mol. The molecule has 1 unspecified atom stereocenters. The molecule has 0 aliphatic rings. The van der Waals surface area contributed by atoms with Crippen LogP contribution in [-0.2, 0) is 18.8 Å². The molecular weight excluding hydrogens is 224 g/mol. The van der Waals surface area contributed by atoms with E-state index in [-0.39, 0.29) is 24.3 Å². The summed E-state index contributed by atoms with van der Waals surface area (Å²) in [6, 6.07) is 0. The summed E-state index contributed by atoms with van der Waals surface area (Å²) in [7, 11) is -1.84. The number of hydrogen-bond donors (Lipinski definition) is 0. The van der Waals surface area contributed by atoms with Gasteiger partial charge in [0.05, 0.1) is 12.2 Å². The maximum atomic E-state index is 11.6. The lowest BCUT2D eigenvalue weighted by molar-refractivity contribution is -0.141. The second-order valence-corrected chi connectivity index (χ2v) is 9.06. The van der Waals surface area contributed by atoms with Gasteiger partial charge < -0.3 is 9.16 Å². The molecule has 0 bridgehead atoms. The Morgan fingerprint density at radius 1 is 1.38 bits per heavy atom.